The lowest BCUT2D eigenvalue weighted by molar-refractivity contribution is -0.122. The molecule has 0 spiro atoms. The lowest BCUT2D eigenvalue weighted by Crippen LogP contribution is -2.51. The zero-order valence-corrected chi connectivity index (χ0v) is 15.8. The van der Waals surface area contributed by atoms with Crippen molar-refractivity contribution in [1.82, 2.24) is 24.5 Å². The summed E-state index contributed by atoms with van der Waals surface area (Å²) in [6, 6.07) is 2.35. The van der Waals surface area contributed by atoms with Gasteiger partial charge in [-0.2, -0.15) is 0 Å². The number of fused-ring (bicyclic) bond motifs is 3. The molecule has 0 atom stereocenters. The first-order valence-electron chi connectivity index (χ1n) is 8.83. The molecule has 3 aromatic rings. The minimum absolute atomic E-state index is 0.0686. The van der Waals surface area contributed by atoms with Crippen molar-refractivity contribution in [3.63, 3.8) is 0 Å². The fourth-order valence-electron chi connectivity index (χ4n) is 3.32. The third-order valence-corrected chi connectivity index (χ3v) is 6.68. The Balaban J connectivity index is 1.22. The molecule has 1 N–H and O–H groups in total. The van der Waals surface area contributed by atoms with Gasteiger partial charge in [0, 0.05) is 43.8 Å². The number of nitrogens with zero attached hydrogens (tertiary/aromatic N) is 4. The van der Waals surface area contributed by atoms with E-state index in [2.05, 4.69) is 15.2 Å². The van der Waals surface area contributed by atoms with Gasteiger partial charge in [-0.25, -0.2) is 4.98 Å². The zero-order valence-electron chi connectivity index (χ0n) is 14.2. The van der Waals surface area contributed by atoms with Crippen LogP contribution in [0.5, 0.6) is 0 Å². The van der Waals surface area contributed by atoms with Crippen molar-refractivity contribution < 1.29 is 9.59 Å². The smallest absolute Gasteiger partial charge is 0.264 e. The molecule has 0 bridgehead atoms. The van der Waals surface area contributed by atoms with Gasteiger partial charge < -0.3 is 10.2 Å². The molecule has 26 heavy (non-hydrogen) atoms. The molecule has 4 heterocycles. The monoisotopic (exact) mass is 389 g/mol. The Morgan fingerprint density at radius 3 is 2.81 bits per heavy atom. The van der Waals surface area contributed by atoms with Gasteiger partial charge in [-0.05, 0) is 18.9 Å². The molecular formula is C17H19N5O2S2. The maximum atomic E-state index is 12.8. The van der Waals surface area contributed by atoms with Crippen LogP contribution in [0.15, 0.2) is 17.6 Å². The number of hydrogen-bond acceptors (Lipinski definition) is 6. The van der Waals surface area contributed by atoms with E-state index >= 15 is 0 Å². The van der Waals surface area contributed by atoms with E-state index in [1.807, 2.05) is 26.9 Å². The van der Waals surface area contributed by atoms with Gasteiger partial charge in [0.05, 0.1) is 16.9 Å². The second-order valence-electron chi connectivity index (χ2n) is 6.88. The number of thiazole rings is 1. The quantitative estimate of drug-likeness (QED) is 0.737. The summed E-state index contributed by atoms with van der Waals surface area (Å²) in [5, 5.41) is 5.02. The van der Waals surface area contributed by atoms with Crippen LogP contribution >= 0.6 is 22.7 Å². The molecular weight excluding hydrogens is 370 g/mol. The van der Waals surface area contributed by atoms with Crippen LogP contribution in [0.2, 0.25) is 0 Å². The van der Waals surface area contributed by atoms with Crippen molar-refractivity contribution in [2.75, 3.05) is 32.7 Å². The standard InChI is InChI=1S/C17H19N5O2S2/c23-14(18-11-1-2-11)10-20-3-5-21(6-4-20)16(24)13-9-12-15(26-13)19-17-22(12)7-8-25-17/h7-9,11H,1-6,10H2,(H,18,23). The summed E-state index contributed by atoms with van der Waals surface area (Å²) in [5.41, 5.74) is 1.00. The largest absolute Gasteiger partial charge is 0.352 e. The molecule has 0 aromatic carbocycles. The number of nitrogens with one attached hydrogen (secondary N) is 1. The molecule has 3 aromatic heterocycles. The predicted molar refractivity (Wildman–Crippen MR) is 102 cm³/mol. The maximum absolute atomic E-state index is 12.8. The maximum Gasteiger partial charge on any atom is 0.264 e. The Kier molecular flexibility index (Phi) is 3.95. The molecule has 0 radical (unpaired) electrons. The highest BCUT2D eigenvalue weighted by Crippen LogP contribution is 2.29. The number of aromatic nitrogens is 2. The summed E-state index contributed by atoms with van der Waals surface area (Å²) in [7, 11) is 0. The number of carbonyl (C=O) groups is 2. The Labute approximate surface area is 158 Å². The van der Waals surface area contributed by atoms with Crippen LogP contribution in [0.25, 0.3) is 15.3 Å². The first kappa shape index (κ1) is 16.2. The minimum atomic E-state index is 0.0686. The molecule has 5 rings (SSSR count). The third kappa shape index (κ3) is 3.00. The summed E-state index contributed by atoms with van der Waals surface area (Å²) in [4.78, 5) is 35.9. The molecule has 2 fully saturated rings. The van der Waals surface area contributed by atoms with Crippen molar-refractivity contribution in [2.45, 2.75) is 18.9 Å². The van der Waals surface area contributed by atoms with Crippen molar-refractivity contribution in [1.29, 1.82) is 0 Å². The third-order valence-electron chi connectivity index (χ3n) is 4.92. The highest BCUT2D eigenvalue weighted by Gasteiger charge is 2.27. The molecule has 7 nitrogen and oxygen atoms in total. The number of amides is 2. The molecule has 1 aliphatic carbocycles. The Bertz CT molecular complexity index is 978. The lowest BCUT2D eigenvalue weighted by atomic mass is 10.3. The molecule has 136 valence electrons. The van der Waals surface area contributed by atoms with Gasteiger partial charge in [0.2, 0.25) is 5.91 Å². The topological polar surface area (TPSA) is 70.0 Å². The van der Waals surface area contributed by atoms with Gasteiger partial charge in [0.25, 0.3) is 5.91 Å². The van der Waals surface area contributed by atoms with Crippen LogP contribution in [-0.4, -0.2) is 69.8 Å². The van der Waals surface area contributed by atoms with Gasteiger partial charge in [-0.3, -0.25) is 18.9 Å². The normalized spacial score (nSPS) is 18.7. The predicted octanol–water partition coefficient (Wildman–Crippen LogP) is 1.65. The summed E-state index contributed by atoms with van der Waals surface area (Å²) < 4.78 is 2.03. The lowest BCUT2D eigenvalue weighted by Gasteiger charge is -2.34. The van der Waals surface area contributed by atoms with Crippen molar-refractivity contribution >= 4 is 49.8 Å². The van der Waals surface area contributed by atoms with Gasteiger partial charge in [0.1, 0.15) is 4.83 Å². The van der Waals surface area contributed by atoms with Gasteiger partial charge in [-0.15, -0.1) is 22.7 Å². The second-order valence-corrected chi connectivity index (χ2v) is 8.78. The summed E-state index contributed by atoms with van der Waals surface area (Å²) in [6.45, 7) is 3.23. The number of thiophene rings is 1. The van der Waals surface area contributed by atoms with E-state index in [1.165, 1.54) is 11.3 Å². The molecule has 0 unspecified atom stereocenters. The average Bonchev–Trinajstić information content (AvgIpc) is 3.04. The van der Waals surface area contributed by atoms with Gasteiger partial charge in [-0.1, -0.05) is 0 Å². The van der Waals surface area contributed by atoms with Gasteiger partial charge >= 0.3 is 0 Å². The Morgan fingerprint density at radius 1 is 1.23 bits per heavy atom. The molecule has 1 saturated carbocycles. The van der Waals surface area contributed by atoms with Crippen molar-refractivity contribution in [2.24, 2.45) is 0 Å². The minimum Gasteiger partial charge on any atom is -0.352 e. The number of hydrogen-bond donors (Lipinski definition) is 1. The molecule has 9 heteroatoms. The summed E-state index contributed by atoms with van der Waals surface area (Å²) in [6.07, 6.45) is 4.20. The average molecular weight is 390 g/mol. The zero-order chi connectivity index (χ0) is 17.7. The molecule has 1 aliphatic heterocycles. The van der Waals surface area contributed by atoms with Crippen molar-refractivity contribution in [3.05, 3.63) is 22.5 Å². The van der Waals surface area contributed by atoms with Crippen LogP contribution < -0.4 is 5.32 Å². The van der Waals surface area contributed by atoms with E-state index in [0.29, 0.717) is 25.7 Å². The second kappa shape index (κ2) is 6.33. The molecule has 2 amide bonds. The number of piperazine rings is 1. The van der Waals surface area contributed by atoms with Crippen LogP contribution in [-0.2, 0) is 4.79 Å². The van der Waals surface area contributed by atoms with Crippen molar-refractivity contribution in [3.8, 4) is 0 Å². The first-order valence-corrected chi connectivity index (χ1v) is 10.5. The molecule has 2 aliphatic rings. The van der Waals surface area contributed by atoms with E-state index in [0.717, 1.165) is 46.1 Å². The van der Waals surface area contributed by atoms with E-state index < -0.39 is 0 Å². The highest BCUT2D eigenvalue weighted by molar-refractivity contribution is 7.21. The molecule has 1 saturated heterocycles. The Morgan fingerprint density at radius 2 is 2.04 bits per heavy atom. The van der Waals surface area contributed by atoms with Gasteiger partial charge in [0.15, 0.2) is 4.96 Å². The van der Waals surface area contributed by atoms with E-state index in [-0.39, 0.29) is 11.8 Å². The number of rotatable bonds is 4. The summed E-state index contributed by atoms with van der Waals surface area (Å²) >= 11 is 3.06. The Hall–Kier alpha value is -1.97. The van der Waals surface area contributed by atoms with Crippen LogP contribution in [0.1, 0.15) is 22.5 Å². The fraction of sp³-hybridized carbons (Fsp3) is 0.471. The van der Waals surface area contributed by atoms with Crippen LogP contribution in [0.4, 0.5) is 0 Å². The van der Waals surface area contributed by atoms with Crippen LogP contribution in [0, 0.1) is 0 Å². The first-order chi connectivity index (χ1) is 12.7. The van der Waals surface area contributed by atoms with Crippen LogP contribution in [0.3, 0.4) is 0 Å². The van der Waals surface area contributed by atoms with E-state index in [4.69, 9.17) is 0 Å². The number of carbonyl (C=O) groups excluding carboxylic acids is 2. The SMILES string of the molecule is O=C(CN1CCN(C(=O)c2cc3c(nc4sccn43)s2)CC1)NC1CC1. The fourth-order valence-corrected chi connectivity index (χ4v) is 5.09. The highest BCUT2D eigenvalue weighted by atomic mass is 32.1. The van der Waals surface area contributed by atoms with E-state index in [9.17, 15) is 9.59 Å². The number of imidazole rings is 1. The summed E-state index contributed by atoms with van der Waals surface area (Å²) in [5.74, 6) is 0.172. The van der Waals surface area contributed by atoms with E-state index in [1.54, 1.807) is 11.3 Å².